The predicted molar refractivity (Wildman–Crippen MR) is 120 cm³/mol. The van der Waals surface area contributed by atoms with E-state index in [4.69, 9.17) is 4.74 Å². The van der Waals surface area contributed by atoms with E-state index in [-0.39, 0.29) is 17.8 Å². The summed E-state index contributed by atoms with van der Waals surface area (Å²) < 4.78 is 7.74. The van der Waals surface area contributed by atoms with Crippen LogP contribution in [0.5, 0.6) is 0 Å². The number of nitrogens with one attached hydrogen (secondary N) is 1. The maximum atomic E-state index is 12.6. The van der Waals surface area contributed by atoms with E-state index in [9.17, 15) is 4.79 Å². The molecule has 5 heteroatoms. The Hall–Kier alpha value is -3.44. The van der Waals surface area contributed by atoms with E-state index < -0.39 is 0 Å². The molecule has 2 atom stereocenters. The molecule has 0 saturated carbocycles. The Bertz CT molecular complexity index is 1250. The van der Waals surface area contributed by atoms with Gasteiger partial charge in [-0.15, -0.1) is 5.10 Å². The van der Waals surface area contributed by atoms with Gasteiger partial charge in [-0.05, 0) is 35.1 Å². The molecule has 2 aliphatic rings. The molecule has 0 radical (unpaired) electrons. The Kier molecular flexibility index (Phi) is 4.35. The fourth-order valence-corrected chi connectivity index (χ4v) is 5.11. The molecule has 1 fully saturated rings. The van der Waals surface area contributed by atoms with Crippen LogP contribution in [0.3, 0.4) is 0 Å². The Morgan fingerprint density at radius 1 is 0.903 bits per heavy atom. The quantitative estimate of drug-likeness (QED) is 0.528. The number of aromatic nitrogens is 3. The minimum Gasteiger partial charge on any atom is -0.376 e. The first-order valence-electron chi connectivity index (χ1n) is 10.8. The van der Waals surface area contributed by atoms with Gasteiger partial charge in [0.2, 0.25) is 0 Å². The summed E-state index contributed by atoms with van der Waals surface area (Å²) in [6, 6.07) is 27.0. The van der Waals surface area contributed by atoms with Gasteiger partial charge in [-0.2, -0.15) is 0 Å². The van der Waals surface area contributed by atoms with E-state index in [1.54, 1.807) is 4.68 Å². The molecule has 154 valence electrons. The normalized spacial score (nSPS) is 20.0. The third kappa shape index (κ3) is 3.13. The number of ether oxygens (including phenoxy) is 1. The number of nitrogens with zero attached hydrogens (tertiary/aromatic N) is 2. The second-order valence-electron chi connectivity index (χ2n) is 8.40. The van der Waals surface area contributed by atoms with Gasteiger partial charge in [-0.1, -0.05) is 78.9 Å². The SMILES string of the molecule is O=c1[nH]c(-c2ccccc2)nn1C1COC(CC2c3ccccc3-c3ccccc32)C1. The average molecular weight is 409 g/mol. The Balaban J connectivity index is 1.23. The first kappa shape index (κ1) is 18.3. The highest BCUT2D eigenvalue weighted by Gasteiger charge is 2.35. The highest BCUT2D eigenvalue weighted by Crippen LogP contribution is 2.47. The Morgan fingerprint density at radius 2 is 1.55 bits per heavy atom. The lowest BCUT2D eigenvalue weighted by atomic mass is 9.90. The third-order valence-electron chi connectivity index (χ3n) is 6.55. The number of hydrogen-bond donors (Lipinski definition) is 1. The van der Waals surface area contributed by atoms with Crippen molar-refractivity contribution in [3.8, 4) is 22.5 Å². The Morgan fingerprint density at radius 3 is 2.26 bits per heavy atom. The van der Waals surface area contributed by atoms with Crippen LogP contribution in [0.25, 0.3) is 22.5 Å². The van der Waals surface area contributed by atoms with Gasteiger partial charge in [-0.3, -0.25) is 4.98 Å². The second kappa shape index (κ2) is 7.36. The van der Waals surface area contributed by atoms with Gasteiger partial charge in [0.15, 0.2) is 5.82 Å². The summed E-state index contributed by atoms with van der Waals surface area (Å²) >= 11 is 0. The largest absolute Gasteiger partial charge is 0.376 e. The lowest BCUT2D eigenvalue weighted by Crippen LogP contribution is -2.24. The molecular formula is C26H23N3O2. The van der Waals surface area contributed by atoms with Crippen LogP contribution >= 0.6 is 0 Å². The zero-order chi connectivity index (χ0) is 20.8. The molecule has 1 aliphatic heterocycles. The van der Waals surface area contributed by atoms with Crippen LogP contribution in [0.15, 0.2) is 83.7 Å². The summed E-state index contributed by atoms with van der Waals surface area (Å²) in [4.78, 5) is 15.5. The van der Waals surface area contributed by atoms with Gasteiger partial charge in [0, 0.05) is 11.5 Å². The van der Waals surface area contributed by atoms with Crippen molar-refractivity contribution >= 4 is 0 Å². The molecule has 31 heavy (non-hydrogen) atoms. The van der Waals surface area contributed by atoms with Crippen molar-refractivity contribution in [2.24, 2.45) is 0 Å². The van der Waals surface area contributed by atoms with Crippen LogP contribution in [0.2, 0.25) is 0 Å². The van der Waals surface area contributed by atoms with Gasteiger partial charge < -0.3 is 4.74 Å². The minimum absolute atomic E-state index is 0.0434. The zero-order valence-electron chi connectivity index (χ0n) is 17.1. The van der Waals surface area contributed by atoms with E-state index in [0.29, 0.717) is 18.3 Å². The fraction of sp³-hybridized carbons (Fsp3) is 0.231. The first-order chi connectivity index (χ1) is 15.3. The average Bonchev–Trinajstić information content (AvgIpc) is 3.52. The molecule has 1 saturated heterocycles. The molecule has 1 aromatic heterocycles. The molecule has 2 heterocycles. The summed E-state index contributed by atoms with van der Waals surface area (Å²) in [6.45, 7) is 0.514. The lowest BCUT2D eigenvalue weighted by Gasteiger charge is -2.18. The van der Waals surface area contributed by atoms with Crippen molar-refractivity contribution in [2.45, 2.75) is 30.9 Å². The Labute approximate surface area is 180 Å². The topological polar surface area (TPSA) is 59.9 Å². The molecule has 2 unspecified atom stereocenters. The molecule has 1 N–H and O–H groups in total. The number of rotatable bonds is 4. The van der Waals surface area contributed by atoms with Crippen molar-refractivity contribution in [1.82, 2.24) is 14.8 Å². The van der Waals surface area contributed by atoms with Crippen LogP contribution in [0, 0.1) is 0 Å². The summed E-state index contributed by atoms with van der Waals surface area (Å²) in [5.74, 6) is 0.930. The molecule has 4 aromatic rings. The highest BCUT2D eigenvalue weighted by atomic mass is 16.5. The van der Waals surface area contributed by atoms with E-state index >= 15 is 0 Å². The van der Waals surface area contributed by atoms with Gasteiger partial charge in [0.05, 0.1) is 18.8 Å². The molecule has 3 aromatic carbocycles. The summed E-state index contributed by atoms with van der Waals surface area (Å²) in [5, 5.41) is 4.57. The van der Waals surface area contributed by atoms with Crippen LogP contribution in [0.1, 0.15) is 35.9 Å². The maximum absolute atomic E-state index is 12.6. The van der Waals surface area contributed by atoms with Gasteiger partial charge >= 0.3 is 5.69 Å². The lowest BCUT2D eigenvalue weighted by molar-refractivity contribution is 0.0969. The summed E-state index contributed by atoms with van der Waals surface area (Å²) in [5.41, 5.74) is 6.14. The van der Waals surface area contributed by atoms with Crippen molar-refractivity contribution in [3.63, 3.8) is 0 Å². The van der Waals surface area contributed by atoms with Crippen molar-refractivity contribution < 1.29 is 4.74 Å². The molecule has 0 bridgehead atoms. The third-order valence-corrected chi connectivity index (χ3v) is 6.55. The fourth-order valence-electron chi connectivity index (χ4n) is 5.11. The molecule has 5 nitrogen and oxygen atoms in total. The maximum Gasteiger partial charge on any atom is 0.343 e. The van der Waals surface area contributed by atoms with Crippen LogP contribution < -0.4 is 5.69 Å². The van der Waals surface area contributed by atoms with Gasteiger partial charge in [0.25, 0.3) is 0 Å². The first-order valence-corrected chi connectivity index (χ1v) is 10.8. The molecule has 0 amide bonds. The van der Waals surface area contributed by atoms with E-state index in [2.05, 4.69) is 58.6 Å². The standard InChI is InChI=1S/C26H23N3O2/c30-26-27-25(17-8-2-1-3-9-17)28-29(26)18-14-19(31-16-18)15-24-22-12-6-4-10-20(22)21-11-5-7-13-23(21)24/h1-13,18-19,24H,14-16H2,(H,27,28,30). The van der Waals surface area contributed by atoms with E-state index in [1.807, 2.05) is 30.3 Å². The van der Waals surface area contributed by atoms with E-state index in [0.717, 1.165) is 18.4 Å². The van der Waals surface area contributed by atoms with Crippen molar-refractivity contribution in [3.05, 3.63) is 100 Å². The van der Waals surface area contributed by atoms with Crippen molar-refractivity contribution in [2.75, 3.05) is 6.61 Å². The number of H-pyrrole nitrogens is 1. The molecule has 1 aliphatic carbocycles. The number of fused-ring (bicyclic) bond motifs is 3. The summed E-state index contributed by atoms with van der Waals surface area (Å²) in [7, 11) is 0. The number of hydrogen-bond acceptors (Lipinski definition) is 3. The predicted octanol–water partition coefficient (Wildman–Crippen LogP) is 4.77. The minimum atomic E-state index is -0.176. The zero-order valence-corrected chi connectivity index (χ0v) is 17.1. The van der Waals surface area contributed by atoms with Crippen LogP contribution in [-0.2, 0) is 4.74 Å². The van der Waals surface area contributed by atoms with Crippen LogP contribution in [0.4, 0.5) is 0 Å². The van der Waals surface area contributed by atoms with Gasteiger partial charge in [0.1, 0.15) is 0 Å². The highest BCUT2D eigenvalue weighted by molar-refractivity contribution is 5.78. The molecule has 0 spiro atoms. The molecular weight excluding hydrogens is 386 g/mol. The molecule has 6 rings (SSSR count). The number of benzene rings is 3. The van der Waals surface area contributed by atoms with Gasteiger partial charge in [-0.25, -0.2) is 9.48 Å². The van der Waals surface area contributed by atoms with Crippen molar-refractivity contribution in [1.29, 1.82) is 0 Å². The number of aromatic amines is 1. The van der Waals surface area contributed by atoms with E-state index in [1.165, 1.54) is 22.3 Å². The van der Waals surface area contributed by atoms with Crippen LogP contribution in [-0.4, -0.2) is 27.5 Å². The smallest absolute Gasteiger partial charge is 0.343 e. The second-order valence-corrected chi connectivity index (χ2v) is 8.40. The summed E-state index contributed by atoms with van der Waals surface area (Å²) in [6.07, 6.45) is 1.80. The monoisotopic (exact) mass is 409 g/mol.